The van der Waals surface area contributed by atoms with Crippen LogP contribution in [0.2, 0.25) is 0 Å². The van der Waals surface area contributed by atoms with Crippen molar-refractivity contribution in [2.24, 2.45) is 5.92 Å². The van der Waals surface area contributed by atoms with Crippen molar-refractivity contribution in [1.29, 1.82) is 0 Å². The number of hydrogen-bond acceptors (Lipinski definition) is 4. The Morgan fingerprint density at radius 2 is 1.86 bits per heavy atom. The van der Waals surface area contributed by atoms with E-state index in [1.807, 2.05) is 47.5 Å². The first kappa shape index (κ1) is 24.3. The van der Waals surface area contributed by atoms with Crippen LogP contribution in [-0.4, -0.2) is 48.0 Å². The summed E-state index contributed by atoms with van der Waals surface area (Å²) < 4.78 is 19.3. The molecule has 3 amide bonds. The van der Waals surface area contributed by atoms with Gasteiger partial charge in [0, 0.05) is 23.7 Å². The molecule has 1 saturated carbocycles. The van der Waals surface area contributed by atoms with E-state index in [9.17, 15) is 14.0 Å². The molecule has 1 aliphatic heterocycles. The molecule has 2 aliphatic rings. The lowest BCUT2D eigenvalue weighted by atomic mass is 10.0. The summed E-state index contributed by atoms with van der Waals surface area (Å²) in [6.45, 7) is 3.41. The van der Waals surface area contributed by atoms with Crippen LogP contribution in [0.3, 0.4) is 0 Å². The molecule has 0 bridgehead atoms. The van der Waals surface area contributed by atoms with E-state index in [1.165, 1.54) is 17.0 Å². The molecule has 1 unspecified atom stereocenters. The van der Waals surface area contributed by atoms with E-state index in [-0.39, 0.29) is 36.9 Å². The minimum Gasteiger partial charge on any atom is -0.491 e. The Balaban J connectivity index is 1.29. The Labute approximate surface area is 214 Å². The van der Waals surface area contributed by atoms with E-state index < -0.39 is 0 Å². The number of fused-ring (bicyclic) bond motifs is 1. The van der Waals surface area contributed by atoms with Crippen molar-refractivity contribution in [3.8, 4) is 5.75 Å². The third-order valence-corrected chi connectivity index (χ3v) is 7.72. The van der Waals surface area contributed by atoms with Crippen molar-refractivity contribution in [1.82, 2.24) is 9.80 Å². The van der Waals surface area contributed by atoms with E-state index in [1.54, 1.807) is 28.4 Å². The van der Waals surface area contributed by atoms with Gasteiger partial charge in [-0.2, -0.15) is 0 Å². The molecule has 5 rings (SSSR count). The van der Waals surface area contributed by atoms with Gasteiger partial charge in [0.05, 0.1) is 6.04 Å². The molecule has 3 aromatic rings. The minimum atomic E-state index is -0.323. The average Bonchev–Trinajstić information content (AvgIpc) is 3.56. The van der Waals surface area contributed by atoms with Crippen molar-refractivity contribution in [3.63, 3.8) is 0 Å². The lowest BCUT2D eigenvalue weighted by Gasteiger charge is -2.37. The zero-order valence-corrected chi connectivity index (χ0v) is 21.1. The topological polar surface area (TPSA) is 61.9 Å². The molecule has 1 N–H and O–H groups in total. The number of thiophene rings is 1. The molecule has 1 fully saturated rings. The minimum absolute atomic E-state index is 0.0146. The largest absolute Gasteiger partial charge is 0.491 e. The van der Waals surface area contributed by atoms with Crippen LogP contribution < -0.4 is 10.1 Å². The molecule has 2 heterocycles. The van der Waals surface area contributed by atoms with Crippen LogP contribution in [0.1, 0.15) is 34.9 Å². The summed E-state index contributed by atoms with van der Waals surface area (Å²) in [6.07, 6.45) is 2.95. The average molecular weight is 508 g/mol. The summed E-state index contributed by atoms with van der Waals surface area (Å²) >= 11 is 1.69. The summed E-state index contributed by atoms with van der Waals surface area (Å²) in [5.74, 6) is 0.582. The van der Waals surface area contributed by atoms with Gasteiger partial charge in [0.15, 0.2) is 0 Å². The highest BCUT2D eigenvalue weighted by Crippen LogP contribution is 2.34. The normalized spacial score (nSPS) is 16.8. The van der Waals surface area contributed by atoms with Gasteiger partial charge in [-0.15, -0.1) is 11.3 Å². The van der Waals surface area contributed by atoms with Crippen molar-refractivity contribution in [3.05, 3.63) is 81.8 Å². The summed E-state index contributed by atoms with van der Waals surface area (Å²) in [6, 6.07) is 15.1. The fourth-order valence-electron chi connectivity index (χ4n) is 4.51. The standard InChI is InChI=1S/C28H30FN3O3S/c1-19-2-8-22(9-3-19)30-28(34)31(16-20-4-5-20)17-27(33)32-14-12-26-24(13-15-36-26)25(32)18-35-23-10-6-21(29)7-11-23/h2-3,6-11,13,15,20,25H,4-5,12,14,16-18H2,1H3,(H,30,34). The van der Waals surface area contributed by atoms with Gasteiger partial charge in [0.2, 0.25) is 5.91 Å². The Hall–Kier alpha value is -3.39. The summed E-state index contributed by atoms with van der Waals surface area (Å²) in [5, 5.41) is 4.99. The van der Waals surface area contributed by atoms with Crippen LogP contribution >= 0.6 is 11.3 Å². The fourth-order valence-corrected chi connectivity index (χ4v) is 5.43. The third kappa shape index (κ3) is 5.87. The third-order valence-electron chi connectivity index (χ3n) is 6.73. The molecule has 0 radical (unpaired) electrons. The van der Waals surface area contributed by atoms with Gasteiger partial charge in [-0.3, -0.25) is 4.79 Å². The van der Waals surface area contributed by atoms with Gasteiger partial charge in [-0.05, 0) is 85.5 Å². The van der Waals surface area contributed by atoms with E-state index in [0.717, 1.165) is 30.4 Å². The molecule has 188 valence electrons. The maximum Gasteiger partial charge on any atom is 0.322 e. The van der Waals surface area contributed by atoms with E-state index in [4.69, 9.17) is 4.74 Å². The molecule has 1 atom stereocenters. The van der Waals surface area contributed by atoms with Crippen molar-refractivity contribution < 1.29 is 18.7 Å². The zero-order valence-electron chi connectivity index (χ0n) is 20.3. The second-order valence-corrected chi connectivity index (χ2v) is 10.5. The van der Waals surface area contributed by atoms with Crippen LogP contribution in [0.25, 0.3) is 0 Å². The van der Waals surface area contributed by atoms with Crippen molar-refractivity contribution in [2.75, 3.05) is 31.6 Å². The Bertz CT molecular complexity index is 1210. The highest BCUT2D eigenvalue weighted by atomic mass is 32.1. The number of nitrogens with zero attached hydrogens (tertiary/aromatic N) is 2. The number of aryl methyl sites for hydroxylation is 1. The lowest BCUT2D eigenvalue weighted by molar-refractivity contribution is -0.135. The Kier molecular flexibility index (Phi) is 7.23. The smallest absolute Gasteiger partial charge is 0.322 e. The number of anilines is 1. The molecule has 2 aromatic carbocycles. The lowest BCUT2D eigenvalue weighted by Crippen LogP contribution is -2.49. The van der Waals surface area contributed by atoms with Crippen LogP contribution in [0, 0.1) is 18.7 Å². The molecule has 8 heteroatoms. The quantitative estimate of drug-likeness (QED) is 0.429. The number of ether oxygens (including phenoxy) is 1. The molecule has 1 aromatic heterocycles. The van der Waals surface area contributed by atoms with Gasteiger partial charge >= 0.3 is 6.03 Å². The maximum atomic E-state index is 13.6. The van der Waals surface area contributed by atoms with Crippen molar-refractivity contribution in [2.45, 2.75) is 32.2 Å². The van der Waals surface area contributed by atoms with E-state index in [0.29, 0.717) is 30.4 Å². The van der Waals surface area contributed by atoms with Gasteiger partial charge < -0.3 is 19.9 Å². The second kappa shape index (κ2) is 10.7. The van der Waals surface area contributed by atoms with Crippen LogP contribution in [0.5, 0.6) is 5.75 Å². The van der Waals surface area contributed by atoms with Crippen LogP contribution in [0.4, 0.5) is 14.9 Å². The van der Waals surface area contributed by atoms with E-state index >= 15 is 0 Å². The fraction of sp³-hybridized carbons (Fsp3) is 0.357. The van der Waals surface area contributed by atoms with Gasteiger partial charge in [0.1, 0.15) is 24.7 Å². The van der Waals surface area contributed by atoms with Crippen LogP contribution in [0.15, 0.2) is 60.0 Å². The second-order valence-electron chi connectivity index (χ2n) is 9.54. The first-order valence-corrected chi connectivity index (χ1v) is 13.2. The number of urea groups is 1. The molecule has 1 aliphatic carbocycles. The Morgan fingerprint density at radius 3 is 2.58 bits per heavy atom. The van der Waals surface area contributed by atoms with Crippen LogP contribution in [-0.2, 0) is 11.2 Å². The molecular formula is C28H30FN3O3S. The SMILES string of the molecule is Cc1ccc(NC(=O)N(CC(=O)N2CCc3sccc3C2COc2ccc(F)cc2)CC2CC2)cc1. The predicted octanol–water partition coefficient (Wildman–Crippen LogP) is 5.64. The first-order chi connectivity index (χ1) is 17.5. The first-order valence-electron chi connectivity index (χ1n) is 12.3. The maximum absolute atomic E-state index is 13.6. The number of amides is 3. The zero-order chi connectivity index (χ0) is 25.1. The van der Waals surface area contributed by atoms with Gasteiger partial charge in [-0.25, -0.2) is 9.18 Å². The van der Waals surface area contributed by atoms with Gasteiger partial charge in [-0.1, -0.05) is 17.7 Å². The van der Waals surface area contributed by atoms with Gasteiger partial charge in [0.25, 0.3) is 0 Å². The number of halogens is 1. The van der Waals surface area contributed by atoms with E-state index in [2.05, 4.69) is 5.32 Å². The number of hydrogen-bond donors (Lipinski definition) is 1. The number of carbonyl (C=O) groups excluding carboxylic acids is 2. The predicted molar refractivity (Wildman–Crippen MR) is 139 cm³/mol. The summed E-state index contributed by atoms with van der Waals surface area (Å²) in [7, 11) is 0. The highest BCUT2D eigenvalue weighted by Gasteiger charge is 2.35. The number of rotatable bonds is 8. The molecule has 36 heavy (non-hydrogen) atoms. The highest BCUT2D eigenvalue weighted by molar-refractivity contribution is 7.10. The number of benzene rings is 2. The number of carbonyl (C=O) groups is 2. The molecular weight excluding hydrogens is 477 g/mol. The van der Waals surface area contributed by atoms with Crippen molar-refractivity contribution >= 4 is 29.0 Å². The molecule has 0 saturated heterocycles. The monoisotopic (exact) mass is 507 g/mol. The Morgan fingerprint density at radius 1 is 1.11 bits per heavy atom. The molecule has 6 nitrogen and oxygen atoms in total. The number of nitrogens with one attached hydrogen (secondary N) is 1. The summed E-state index contributed by atoms with van der Waals surface area (Å²) in [4.78, 5) is 31.5. The molecule has 0 spiro atoms. The summed E-state index contributed by atoms with van der Waals surface area (Å²) in [5.41, 5.74) is 2.91.